The molecule has 7 nitrogen and oxygen atoms in total. The van der Waals surface area contributed by atoms with E-state index in [1.54, 1.807) is 25.1 Å². The number of nitrogens with zero attached hydrogens (tertiary/aromatic N) is 3. The Morgan fingerprint density at radius 1 is 1.07 bits per heavy atom. The van der Waals surface area contributed by atoms with Crippen molar-refractivity contribution < 1.29 is 13.2 Å². The number of aromatic nitrogens is 2. The molecule has 3 rings (SSSR count). The van der Waals surface area contributed by atoms with E-state index in [0.29, 0.717) is 27.0 Å². The van der Waals surface area contributed by atoms with E-state index in [9.17, 15) is 13.2 Å². The van der Waals surface area contributed by atoms with E-state index in [-0.39, 0.29) is 5.91 Å². The lowest BCUT2D eigenvalue weighted by Gasteiger charge is -2.20. The zero-order chi connectivity index (χ0) is 20.5. The normalized spacial score (nSPS) is 11.3. The lowest BCUT2D eigenvalue weighted by Crippen LogP contribution is -2.26. The molecule has 3 aromatic rings. The van der Waals surface area contributed by atoms with E-state index in [4.69, 9.17) is 0 Å². The van der Waals surface area contributed by atoms with Crippen molar-refractivity contribution in [2.75, 3.05) is 22.9 Å². The van der Waals surface area contributed by atoms with Crippen LogP contribution >= 0.6 is 11.3 Å². The molecule has 0 aliphatic heterocycles. The van der Waals surface area contributed by atoms with Crippen LogP contribution in [-0.4, -0.2) is 37.8 Å². The molecule has 1 heterocycles. The van der Waals surface area contributed by atoms with Gasteiger partial charge in [-0.1, -0.05) is 47.2 Å². The van der Waals surface area contributed by atoms with Gasteiger partial charge in [0.15, 0.2) is 0 Å². The van der Waals surface area contributed by atoms with Crippen LogP contribution in [0.4, 0.5) is 10.8 Å². The van der Waals surface area contributed by atoms with Crippen LogP contribution < -0.4 is 9.62 Å². The summed E-state index contributed by atoms with van der Waals surface area (Å²) in [7, 11) is -1.97. The number of anilines is 2. The number of carbonyl (C=O) groups is 1. The Bertz CT molecular complexity index is 1120. The summed E-state index contributed by atoms with van der Waals surface area (Å²) in [6.45, 7) is 3.72. The Kier molecular flexibility index (Phi) is 5.48. The van der Waals surface area contributed by atoms with Gasteiger partial charge in [-0.25, -0.2) is 8.42 Å². The third-order valence-electron chi connectivity index (χ3n) is 4.33. The number of sulfonamides is 1. The van der Waals surface area contributed by atoms with Crippen LogP contribution in [0, 0.1) is 13.8 Å². The molecule has 1 aromatic heterocycles. The minimum Gasteiger partial charge on any atom is -0.296 e. The number of rotatable bonds is 5. The van der Waals surface area contributed by atoms with Crippen LogP contribution in [0.25, 0.3) is 10.6 Å². The molecule has 1 amide bonds. The maximum absolute atomic E-state index is 12.7. The van der Waals surface area contributed by atoms with Crippen molar-refractivity contribution in [1.82, 2.24) is 10.2 Å². The fourth-order valence-corrected chi connectivity index (χ4v) is 3.94. The van der Waals surface area contributed by atoms with Gasteiger partial charge in [-0.2, -0.15) is 0 Å². The van der Waals surface area contributed by atoms with Crippen LogP contribution in [0.1, 0.15) is 21.5 Å². The van der Waals surface area contributed by atoms with Crippen molar-refractivity contribution in [3.8, 4) is 10.6 Å². The number of hydrogen-bond donors (Lipinski definition) is 1. The molecule has 146 valence electrons. The lowest BCUT2D eigenvalue weighted by atomic mass is 10.1. The largest absolute Gasteiger partial charge is 0.296 e. The van der Waals surface area contributed by atoms with Gasteiger partial charge < -0.3 is 0 Å². The monoisotopic (exact) mass is 416 g/mol. The Morgan fingerprint density at radius 2 is 1.75 bits per heavy atom. The van der Waals surface area contributed by atoms with Crippen LogP contribution in [0.3, 0.4) is 0 Å². The first-order valence-electron chi connectivity index (χ1n) is 8.42. The second-order valence-electron chi connectivity index (χ2n) is 6.41. The van der Waals surface area contributed by atoms with Gasteiger partial charge in [-0.3, -0.25) is 14.4 Å². The van der Waals surface area contributed by atoms with Gasteiger partial charge >= 0.3 is 0 Å². The predicted molar refractivity (Wildman–Crippen MR) is 112 cm³/mol. The van der Waals surface area contributed by atoms with E-state index >= 15 is 0 Å². The Morgan fingerprint density at radius 3 is 2.39 bits per heavy atom. The highest BCUT2D eigenvalue weighted by atomic mass is 32.2. The highest BCUT2D eigenvalue weighted by Crippen LogP contribution is 2.28. The van der Waals surface area contributed by atoms with Crippen molar-refractivity contribution in [3.05, 3.63) is 59.2 Å². The minimum atomic E-state index is -3.43. The molecule has 2 aromatic carbocycles. The molecule has 0 atom stereocenters. The molecule has 0 radical (unpaired) electrons. The van der Waals surface area contributed by atoms with Gasteiger partial charge in [0, 0.05) is 18.2 Å². The number of aryl methyl sites for hydroxylation is 1. The summed E-state index contributed by atoms with van der Waals surface area (Å²) < 4.78 is 24.8. The SMILES string of the molecule is Cc1ccc(-c2nnc(NC(=O)c3cccc(N(C)S(C)(=O)=O)c3C)s2)cc1. The zero-order valence-electron chi connectivity index (χ0n) is 15.9. The summed E-state index contributed by atoms with van der Waals surface area (Å²) in [5.41, 5.74) is 3.47. The number of hydrogen-bond acceptors (Lipinski definition) is 6. The Balaban J connectivity index is 1.83. The highest BCUT2D eigenvalue weighted by molar-refractivity contribution is 7.92. The van der Waals surface area contributed by atoms with Gasteiger partial charge in [0.05, 0.1) is 11.9 Å². The average molecular weight is 417 g/mol. The number of carbonyl (C=O) groups excluding carboxylic acids is 1. The quantitative estimate of drug-likeness (QED) is 0.687. The third-order valence-corrected chi connectivity index (χ3v) is 6.41. The fourth-order valence-electron chi connectivity index (χ4n) is 2.64. The number of amides is 1. The molecule has 0 spiro atoms. The van der Waals surface area contributed by atoms with Gasteiger partial charge in [-0.15, -0.1) is 10.2 Å². The molecular formula is C19H20N4O3S2. The van der Waals surface area contributed by atoms with Crippen molar-refractivity contribution in [2.24, 2.45) is 0 Å². The third kappa shape index (κ3) is 4.20. The van der Waals surface area contributed by atoms with Gasteiger partial charge in [0.1, 0.15) is 5.01 Å². The summed E-state index contributed by atoms with van der Waals surface area (Å²) in [6, 6.07) is 12.8. The molecule has 0 saturated carbocycles. The van der Waals surface area contributed by atoms with E-state index in [0.717, 1.165) is 21.7 Å². The second kappa shape index (κ2) is 7.69. The molecule has 28 heavy (non-hydrogen) atoms. The Hall–Kier alpha value is -2.78. The maximum Gasteiger partial charge on any atom is 0.257 e. The van der Waals surface area contributed by atoms with Crippen LogP contribution in [0.15, 0.2) is 42.5 Å². The molecule has 9 heteroatoms. The zero-order valence-corrected chi connectivity index (χ0v) is 17.6. The molecular weight excluding hydrogens is 396 g/mol. The van der Waals surface area contributed by atoms with Crippen molar-refractivity contribution >= 4 is 38.1 Å². The van der Waals surface area contributed by atoms with Crippen LogP contribution in [-0.2, 0) is 10.0 Å². The van der Waals surface area contributed by atoms with E-state index in [2.05, 4.69) is 15.5 Å². The maximum atomic E-state index is 12.7. The van der Waals surface area contributed by atoms with Crippen LogP contribution in [0.5, 0.6) is 0 Å². The molecule has 0 fully saturated rings. The summed E-state index contributed by atoms with van der Waals surface area (Å²) in [4.78, 5) is 12.7. The molecule has 0 aliphatic carbocycles. The van der Waals surface area contributed by atoms with Crippen LogP contribution in [0.2, 0.25) is 0 Å². The number of nitrogens with one attached hydrogen (secondary N) is 1. The first-order valence-corrected chi connectivity index (χ1v) is 11.1. The molecule has 1 N–H and O–H groups in total. The second-order valence-corrected chi connectivity index (χ2v) is 9.40. The summed E-state index contributed by atoms with van der Waals surface area (Å²) >= 11 is 1.27. The molecule has 0 bridgehead atoms. The molecule has 0 unspecified atom stereocenters. The van der Waals surface area contributed by atoms with Crippen molar-refractivity contribution in [1.29, 1.82) is 0 Å². The fraction of sp³-hybridized carbons (Fsp3) is 0.211. The summed E-state index contributed by atoms with van der Waals surface area (Å²) in [6.07, 6.45) is 1.12. The predicted octanol–water partition coefficient (Wildman–Crippen LogP) is 3.47. The van der Waals surface area contributed by atoms with Gasteiger partial charge in [-0.05, 0) is 31.5 Å². The number of benzene rings is 2. The Labute approximate surface area is 168 Å². The summed E-state index contributed by atoms with van der Waals surface area (Å²) in [5.74, 6) is -0.368. The highest BCUT2D eigenvalue weighted by Gasteiger charge is 2.19. The average Bonchev–Trinajstić information content (AvgIpc) is 3.09. The lowest BCUT2D eigenvalue weighted by molar-refractivity contribution is 0.102. The van der Waals surface area contributed by atoms with Gasteiger partial charge in [0.2, 0.25) is 15.2 Å². The van der Waals surface area contributed by atoms with E-state index in [1.165, 1.54) is 18.4 Å². The smallest absolute Gasteiger partial charge is 0.257 e. The summed E-state index contributed by atoms with van der Waals surface area (Å²) in [5, 5.41) is 12.0. The van der Waals surface area contributed by atoms with E-state index < -0.39 is 10.0 Å². The molecule has 0 aliphatic rings. The van der Waals surface area contributed by atoms with Gasteiger partial charge in [0.25, 0.3) is 5.91 Å². The topological polar surface area (TPSA) is 92.3 Å². The first kappa shape index (κ1) is 20.0. The first-order chi connectivity index (χ1) is 13.2. The minimum absolute atomic E-state index is 0.368. The van der Waals surface area contributed by atoms with Crippen molar-refractivity contribution in [3.63, 3.8) is 0 Å². The molecule has 0 saturated heterocycles. The standard InChI is InChI=1S/C19H20N4O3S2/c1-12-8-10-14(11-9-12)18-21-22-19(27-18)20-17(24)15-6-5-7-16(13(15)2)23(3)28(4,25)26/h5-11H,1-4H3,(H,20,22,24). The van der Waals surface area contributed by atoms with E-state index in [1.807, 2.05) is 31.2 Å². The van der Waals surface area contributed by atoms with Crippen molar-refractivity contribution in [2.45, 2.75) is 13.8 Å².